The zero-order valence-corrected chi connectivity index (χ0v) is 16.2. The second kappa shape index (κ2) is 8.04. The number of anilines is 1. The first-order chi connectivity index (χ1) is 13.6. The van der Waals surface area contributed by atoms with Crippen molar-refractivity contribution in [2.75, 3.05) is 11.1 Å². The second-order valence-corrected chi connectivity index (χ2v) is 7.37. The summed E-state index contributed by atoms with van der Waals surface area (Å²) >= 11 is 7.09. The highest BCUT2D eigenvalue weighted by molar-refractivity contribution is 7.99. The van der Waals surface area contributed by atoms with Crippen molar-refractivity contribution in [3.63, 3.8) is 0 Å². The van der Waals surface area contributed by atoms with Crippen LogP contribution in [0.15, 0.2) is 78.0 Å². The number of rotatable bonds is 5. The SMILES string of the molecule is O=C(CSc1nc2ccccc2n1-c1ccccc1)Nc1ccc(F)c(Cl)c1. The van der Waals surface area contributed by atoms with Gasteiger partial charge in [-0.25, -0.2) is 9.37 Å². The molecular weight excluding hydrogens is 397 g/mol. The van der Waals surface area contributed by atoms with Gasteiger partial charge in [-0.15, -0.1) is 0 Å². The highest BCUT2D eigenvalue weighted by Gasteiger charge is 2.14. The Morgan fingerprint density at radius 3 is 2.61 bits per heavy atom. The molecule has 4 rings (SSSR count). The summed E-state index contributed by atoms with van der Waals surface area (Å²) < 4.78 is 15.3. The van der Waals surface area contributed by atoms with Crippen LogP contribution in [0.5, 0.6) is 0 Å². The highest BCUT2D eigenvalue weighted by Crippen LogP contribution is 2.28. The van der Waals surface area contributed by atoms with Gasteiger partial charge in [-0.1, -0.05) is 53.7 Å². The molecule has 0 atom stereocenters. The average Bonchev–Trinajstić information content (AvgIpc) is 3.08. The van der Waals surface area contributed by atoms with Crippen molar-refractivity contribution in [3.8, 4) is 5.69 Å². The highest BCUT2D eigenvalue weighted by atomic mass is 35.5. The maximum Gasteiger partial charge on any atom is 0.234 e. The molecule has 1 amide bonds. The van der Waals surface area contributed by atoms with Crippen molar-refractivity contribution in [2.45, 2.75) is 5.16 Å². The van der Waals surface area contributed by atoms with Gasteiger partial charge < -0.3 is 5.32 Å². The minimum absolute atomic E-state index is 0.0312. The number of imidazole rings is 1. The van der Waals surface area contributed by atoms with E-state index in [1.54, 1.807) is 0 Å². The van der Waals surface area contributed by atoms with Crippen LogP contribution in [0.3, 0.4) is 0 Å². The van der Waals surface area contributed by atoms with Gasteiger partial charge in [0.25, 0.3) is 0 Å². The number of benzene rings is 3. The molecule has 1 aromatic heterocycles. The Labute approximate surface area is 170 Å². The van der Waals surface area contributed by atoms with Gasteiger partial charge in [-0.2, -0.15) is 0 Å². The number of nitrogens with zero attached hydrogens (tertiary/aromatic N) is 2. The number of amides is 1. The molecule has 0 aliphatic rings. The van der Waals surface area contributed by atoms with Crippen LogP contribution in [-0.4, -0.2) is 21.2 Å². The number of carbonyl (C=O) groups excluding carboxylic acids is 1. The number of hydrogen-bond donors (Lipinski definition) is 1. The van der Waals surface area contributed by atoms with Gasteiger partial charge in [0.05, 0.1) is 21.8 Å². The molecule has 0 unspecified atom stereocenters. The zero-order valence-electron chi connectivity index (χ0n) is 14.6. The molecule has 0 aliphatic carbocycles. The Morgan fingerprint density at radius 2 is 1.82 bits per heavy atom. The van der Waals surface area contributed by atoms with Gasteiger partial charge in [0, 0.05) is 11.4 Å². The predicted octanol–water partition coefficient (Wildman–Crippen LogP) is 5.55. The molecule has 4 nitrogen and oxygen atoms in total. The van der Waals surface area contributed by atoms with Crippen LogP contribution >= 0.6 is 23.4 Å². The third-order valence-electron chi connectivity index (χ3n) is 4.08. The van der Waals surface area contributed by atoms with Gasteiger partial charge in [0.1, 0.15) is 5.82 Å². The summed E-state index contributed by atoms with van der Waals surface area (Å²) in [6.07, 6.45) is 0. The number of nitrogens with one attached hydrogen (secondary N) is 1. The van der Waals surface area contributed by atoms with E-state index in [-0.39, 0.29) is 16.7 Å². The lowest BCUT2D eigenvalue weighted by Crippen LogP contribution is -2.14. The Kier molecular flexibility index (Phi) is 5.32. The summed E-state index contributed by atoms with van der Waals surface area (Å²) in [5.41, 5.74) is 3.26. The van der Waals surface area contributed by atoms with Gasteiger partial charge in [-0.3, -0.25) is 9.36 Å². The third-order valence-corrected chi connectivity index (χ3v) is 5.31. The molecule has 0 aliphatic heterocycles. The largest absolute Gasteiger partial charge is 0.325 e. The van der Waals surface area contributed by atoms with Crippen molar-refractivity contribution in [2.24, 2.45) is 0 Å². The molecular formula is C21H15ClFN3OS. The van der Waals surface area contributed by atoms with Crippen LogP contribution in [-0.2, 0) is 4.79 Å². The number of carbonyl (C=O) groups is 1. The van der Waals surface area contributed by atoms with Crippen LogP contribution < -0.4 is 5.32 Å². The number of para-hydroxylation sites is 3. The molecule has 0 spiro atoms. The number of aromatic nitrogens is 2. The lowest BCUT2D eigenvalue weighted by atomic mass is 10.3. The van der Waals surface area contributed by atoms with Gasteiger partial charge in [0.2, 0.25) is 5.91 Å². The fourth-order valence-electron chi connectivity index (χ4n) is 2.83. The zero-order chi connectivity index (χ0) is 19.5. The number of halogens is 2. The molecule has 7 heteroatoms. The summed E-state index contributed by atoms with van der Waals surface area (Å²) in [4.78, 5) is 17.0. The molecule has 0 saturated carbocycles. The van der Waals surface area contributed by atoms with E-state index in [0.717, 1.165) is 21.9 Å². The average molecular weight is 412 g/mol. The molecule has 1 N–H and O–H groups in total. The normalized spacial score (nSPS) is 10.9. The number of fused-ring (bicyclic) bond motifs is 1. The van der Waals surface area contributed by atoms with E-state index in [1.165, 1.54) is 30.0 Å². The van der Waals surface area contributed by atoms with E-state index in [2.05, 4.69) is 10.3 Å². The number of thioether (sulfide) groups is 1. The van der Waals surface area contributed by atoms with Crippen LogP contribution in [0.25, 0.3) is 16.7 Å². The van der Waals surface area contributed by atoms with E-state index in [4.69, 9.17) is 11.6 Å². The van der Waals surface area contributed by atoms with E-state index >= 15 is 0 Å². The van der Waals surface area contributed by atoms with Crippen molar-refractivity contribution in [1.82, 2.24) is 9.55 Å². The molecule has 0 bridgehead atoms. The predicted molar refractivity (Wildman–Crippen MR) is 112 cm³/mol. The molecule has 0 fully saturated rings. The fraction of sp³-hybridized carbons (Fsp3) is 0.0476. The van der Waals surface area contributed by atoms with Crippen molar-refractivity contribution >= 4 is 46.0 Å². The Hall–Kier alpha value is -2.83. The number of hydrogen-bond acceptors (Lipinski definition) is 3. The summed E-state index contributed by atoms with van der Waals surface area (Å²) in [6.45, 7) is 0. The van der Waals surface area contributed by atoms with Crippen LogP contribution in [0.4, 0.5) is 10.1 Å². The topological polar surface area (TPSA) is 46.9 Å². The quantitative estimate of drug-likeness (QED) is 0.438. The molecule has 28 heavy (non-hydrogen) atoms. The maximum atomic E-state index is 13.3. The van der Waals surface area contributed by atoms with Gasteiger partial charge in [-0.05, 0) is 42.5 Å². The summed E-state index contributed by atoms with van der Waals surface area (Å²) in [5, 5.41) is 3.42. The minimum atomic E-state index is -0.523. The third kappa shape index (κ3) is 3.88. The van der Waals surface area contributed by atoms with Crippen molar-refractivity contribution in [3.05, 3.63) is 83.6 Å². The van der Waals surface area contributed by atoms with Crippen molar-refractivity contribution in [1.29, 1.82) is 0 Å². The Balaban J connectivity index is 1.56. The van der Waals surface area contributed by atoms with Crippen molar-refractivity contribution < 1.29 is 9.18 Å². The summed E-state index contributed by atoms with van der Waals surface area (Å²) in [5.74, 6) is -0.588. The molecule has 3 aromatic carbocycles. The van der Waals surface area contributed by atoms with E-state index in [9.17, 15) is 9.18 Å². The van der Waals surface area contributed by atoms with Crippen LogP contribution in [0.2, 0.25) is 5.02 Å². The van der Waals surface area contributed by atoms with E-state index < -0.39 is 5.82 Å². The van der Waals surface area contributed by atoms with Crippen LogP contribution in [0, 0.1) is 5.82 Å². The van der Waals surface area contributed by atoms with Gasteiger partial charge >= 0.3 is 0 Å². The fourth-order valence-corrected chi connectivity index (χ4v) is 3.84. The van der Waals surface area contributed by atoms with Crippen LogP contribution in [0.1, 0.15) is 0 Å². The Bertz CT molecular complexity index is 1150. The smallest absolute Gasteiger partial charge is 0.234 e. The monoisotopic (exact) mass is 411 g/mol. The first-order valence-electron chi connectivity index (χ1n) is 8.52. The summed E-state index contributed by atoms with van der Waals surface area (Å²) in [6, 6.07) is 21.8. The molecule has 0 saturated heterocycles. The first kappa shape index (κ1) is 18.5. The molecule has 140 valence electrons. The second-order valence-electron chi connectivity index (χ2n) is 6.02. The lowest BCUT2D eigenvalue weighted by molar-refractivity contribution is -0.113. The maximum absolute atomic E-state index is 13.3. The molecule has 0 radical (unpaired) electrons. The van der Waals surface area contributed by atoms with E-state index in [0.29, 0.717) is 5.69 Å². The molecule has 4 aromatic rings. The minimum Gasteiger partial charge on any atom is -0.325 e. The first-order valence-corrected chi connectivity index (χ1v) is 9.89. The van der Waals surface area contributed by atoms with E-state index in [1.807, 2.05) is 59.2 Å². The standard InChI is InChI=1S/C21H15ClFN3OS/c22-16-12-14(10-11-17(16)23)24-20(27)13-28-21-25-18-8-4-5-9-19(18)26(21)15-6-2-1-3-7-15/h1-12H,13H2,(H,24,27). The Morgan fingerprint density at radius 1 is 1.07 bits per heavy atom. The lowest BCUT2D eigenvalue weighted by Gasteiger charge is -2.09. The van der Waals surface area contributed by atoms with Gasteiger partial charge in [0.15, 0.2) is 5.16 Å². The summed E-state index contributed by atoms with van der Waals surface area (Å²) in [7, 11) is 0. The molecule has 1 heterocycles.